The monoisotopic (exact) mass is 352 g/mol. The first-order chi connectivity index (χ1) is 9.31. The van der Waals surface area contributed by atoms with Gasteiger partial charge in [0.2, 0.25) is 5.89 Å². The molecule has 96 valence electrons. The zero-order chi connectivity index (χ0) is 13.1. The van der Waals surface area contributed by atoms with E-state index in [-0.39, 0.29) is 0 Å². The normalized spacial score (nSPS) is 10.8. The van der Waals surface area contributed by atoms with Gasteiger partial charge in [-0.15, -0.1) is 33.3 Å². The molecule has 0 fully saturated rings. The van der Waals surface area contributed by atoms with Crippen molar-refractivity contribution in [1.82, 2.24) is 10.2 Å². The van der Waals surface area contributed by atoms with Crippen molar-refractivity contribution in [3.05, 3.63) is 52.1 Å². The van der Waals surface area contributed by atoms with Crippen LogP contribution in [0.5, 0.6) is 0 Å². The molecule has 0 bridgehead atoms. The largest absolute Gasteiger partial charge is 0.419 e. The van der Waals surface area contributed by atoms with Gasteiger partial charge in [0, 0.05) is 9.37 Å². The summed E-state index contributed by atoms with van der Waals surface area (Å²) in [6, 6.07) is 12.1. The van der Waals surface area contributed by atoms with Crippen molar-refractivity contribution < 1.29 is 4.42 Å². The zero-order valence-electron chi connectivity index (χ0n) is 9.75. The highest BCUT2D eigenvalue weighted by atomic mass is 79.9. The van der Waals surface area contributed by atoms with Gasteiger partial charge in [-0.1, -0.05) is 22.0 Å². The van der Waals surface area contributed by atoms with Crippen LogP contribution in [0.2, 0.25) is 0 Å². The maximum Gasteiger partial charge on any atom is 0.257 e. The standard InChI is InChI=1S/C13H9BrN2OS2/c14-9-3-5-10(6-4-9)19-8-12-15-16-13(17-12)11-2-1-7-18-11/h1-7H,8H2. The van der Waals surface area contributed by atoms with Crippen LogP contribution in [0, 0.1) is 0 Å². The number of hydrogen-bond acceptors (Lipinski definition) is 5. The fourth-order valence-corrected chi connectivity index (χ4v) is 3.13. The molecular formula is C13H9BrN2OS2. The first kappa shape index (κ1) is 12.9. The summed E-state index contributed by atoms with van der Waals surface area (Å²) in [6.45, 7) is 0. The Bertz CT molecular complexity index is 650. The smallest absolute Gasteiger partial charge is 0.257 e. The number of aromatic nitrogens is 2. The van der Waals surface area contributed by atoms with E-state index in [4.69, 9.17) is 4.42 Å². The Balaban J connectivity index is 1.66. The summed E-state index contributed by atoms with van der Waals surface area (Å²) in [7, 11) is 0. The van der Waals surface area contributed by atoms with Gasteiger partial charge in [-0.05, 0) is 35.7 Å². The lowest BCUT2D eigenvalue weighted by atomic mass is 10.4. The van der Waals surface area contributed by atoms with Gasteiger partial charge in [-0.2, -0.15) is 0 Å². The van der Waals surface area contributed by atoms with Crippen molar-refractivity contribution in [2.75, 3.05) is 0 Å². The van der Waals surface area contributed by atoms with E-state index in [2.05, 4.69) is 38.3 Å². The maximum atomic E-state index is 5.63. The molecule has 0 unspecified atom stereocenters. The van der Waals surface area contributed by atoms with Crippen LogP contribution in [0.1, 0.15) is 5.89 Å². The first-order valence-corrected chi connectivity index (χ1v) is 8.22. The summed E-state index contributed by atoms with van der Waals surface area (Å²) in [4.78, 5) is 2.19. The first-order valence-electron chi connectivity index (χ1n) is 5.56. The van der Waals surface area contributed by atoms with Crippen molar-refractivity contribution in [1.29, 1.82) is 0 Å². The van der Waals surface area contributed by atoms with Crippen LogP contribution >= 0.6 is 39.0 Å². The van der Waals surface area contributed by atoms with Gasteiger partial charge in [0.1, 0.15) is 0 Å². The predicted octanol–water partition coefficient (Wildman–Crippen LogP) is 4.85. The van der Waals surface area contributed by atoms with E-state index in [1.807, 2.05) is 29.6 Å². The van der Waals surface area contributed by atoms with Gasteiger partial charge in [-0.25, -0.2) is 0 Å². The van der Waals surface area contributed by atoms with Gasteiger partial charge in [0.05, 0.1) is 10.6 Å². The van der Waals surface area contributed by atoms with Crippen LogP contribution in [-0.2, 0) is 5.75 Å². The molecule has 0 atom stereocenters. The second-order valence-corrected chi connectivity index (χ2v) is 6.63. The molecule has 3 rings (SSSR count). The quantitative estimate of drug-likeness (QED) is 0.629. The zero-order valence-corrected chi connectivity index (χ0v) is 13.0. The van der Waals surface area contributed by atoms with E-state index in [0.717, 1.165) is 9.35 Å². The lowest BCUT2D eigenvalue weighted by molar-refractivity contribution is 0.529. The third-order valence-corrected chi connectivity index (χ3v) is 4.76. The van der Waals surface area contributed by atoms with Crippen LogP contribution in [0.25, 0.3) is 10.8 Å². The molecule has 0 N–H and O–H groups in total. The van der Waals surface area contributed by atoms with E-state index < -0.39 is 0 Å². The molecule has 0 aliphatic rings. The third-order valence-electron chi connectivity index (χ3n) is 2.37. The molecule has 0 saturated carbocycles. The molecular weight excluding hydrogens is 344 g/mol. The summed E-state index contributed by atoms with van der Waals surface area (Å²) in [5.74, 6) is 1.93. The van der Waals surface area contributed by atoms with Gasteiger partial charge >= 0.3 is 0 Å². The molecule has 6 heteroatoms. The molecule has 2 heterocycles. The number of thiophene rings is 1. The van der Waals surface area contributed by atoms with Gasteiger partial charge < -0.3 is 4.42 Å². The molecule has 0 radical (unpaired) electrons. The minimum absolute atomic E-state index is 0.599. The Labute approximate surface area is 127 Å². The topological polar surface area (TPSA) is 38.9 Å². The molecule has 19 heavy (non-hydrogen) atoms. The minimum Gasteiger partial charge on any atom is -0.419 e. The fraction of sp³-hybridized carbons (Fsp3) is 0.0769. The number of rotatable bonds is 4. The Morgan fingerprint density at radius 3 is 2.74 bits per heavy atom. The minimum atomic E-state index is 0.599. The van der Waals surface area contributed by atoms with Crippen LogP contribution in [0.3, 0.4) is 0 Å². The summed E-state index contributed by atoms with van der Waals surface area (Å²) in [6.07, 6.45) is 0. The third kappa shape index (κ3) is 3.26. The average molecular weight is 353 g/mol. The number of nitrogens with zero attached hydrogens (tertiary/aromatic N) is 2. The average Bonchev–Trinajstić information content (AvgIpc) is 3.09. The Kier molecular flexibility index (Phi) is 4.00. The molecule has 1 aromatic carbocycles. The van der Waals surface area contributed by atoms with E-state index in [1.165, 1.54) is 4.90 Å². The second kappa shape index (κ2) is 5.90. The number of thioether (sulfide) groups is 1. The maximum absolute atomic E-state index is 5.63. The van der Waals surface area contributed by atoms with Crippen LogP contribution in [0.15, 0.2) is 55.6 Å². The Morgan fingerprint density at radius 2 is 2.00 bits per heavy atom. The van der Waals surface area contributed by atoms with Crippen molar-refractivity contribution in [2.45, 2.75) is 10.6 Å². The van der Waals surface area contributed by atoms with Crippen molar-refractivity contribution >= 4 is 39.0 Å². The lowest BCUT2D eigenvalue weighted by Crippen LogP contribution is -1.80. The van der Waals surface area contributed by atoms with Crippen molar-refractivity contribution in [3.63, 3.8) is 0 Å². The Hall–Kier alpha value is -1.11. The van der Waals surface area contributed by atoms with E-state index in [9.17, 15) is 0 Å². The van der Waals surface area contributed by atoms with Gasteiger partial charge in [0.15, 0.2) is 0 Å². The highest BCUT2D eigenvalue weighted by Crippen LogP contribution is 2.27. The summed E-state index contributed by atoms with van der Waals surface area (Å²) >= 11 is 6.69. The highest BCUT2D eigenvalue weighted by molar-refractivity contribution is 9.10. The van der Waals surface area contributed by atoms with Gasteiger partial charge in [0.25, 0.3) is 5.89 Å². The summed E-state index contributed by atoms with van der Waals surface area (Å²) in [5.41, 5.74) is 0. The fourth-order valence-electron chi connectivity index (χ4n) is 1.49. The lowest BCUT2D eigenvalue weighted by Gasteiger charge is -1.98. The summed E-state index contributed by atoms with van der Waals surface area (Å²) < 4.78 is 6.71. The molecule has 3 aromatic rings. The van der Waals surface area contributed by atoms with E-state index >= 15 is 0 Å². The highest BCUT2D eigenvalue weighted by Gasteiger charge is 2.09. The molecule has 0 aliphatic carbocycles. The van der Waals surface area contributed by atoms with Crippen LogP contribution < -0.4 is 0 Å². The molecule has 0 amide bonds. The number of benzene rings is 1. The Morgan fingerprint density at radius 1 is 1.16 bits per heavy atom. The van der Waals surface area contributed by atoms with Crippen LogP contribution in [-0.4, -0.2) is 10.2 Å². The number of halogens is 1. The molecule has 2 aromatic heterocycles. The molecule has 0 aliphatic heterocycles. The van der Waals surface area contributed by atoms with Crippen LogP contribution in [0.4, 0.5) is 0 Å². The second-order valence-electron chi connectivity index (χ2n) is 3.72. The van der Waals surface area contributed by atoms with Crippen molar-refractivity contribution in [2.24, 2.45) is 0 Å². The number of hydrogen-bond donors (Lipinski definition) is 0. The van der Waals surface area contributed by atoms with E-state index in [1.54, 1.807) is 23.1 Å². The molecule has 0 saturated heterocycles. The SMILES string of the molecule is Brc1ccc(SCc2nnc(-c3cccs3)o2)cc1. The predicted molar refractivity (Wildman–Crippen MR) is 81.3 cm³/mol. The van der Waals surface area contributed by atoms with Crippen molar-refractivity contribution in [3.8, 4) is 10.8 Å². The molecule has 0 spiro atoms. The van der Waals surface area contributed by atoms with Gasteiger partial charge in [-0.3, -0.25) is 0 Å². The summed E-state index contributed by atoms with van der Waals surface area (Å²) in [5, 5.41) is 10.1. The van der Waals surface area contributed by atoms with E-state index in [0.29, 0.717) is 17.5 Å². The molecule has 3 nitrogen and oxygen atoms in total.